The molecule has 1 saturated heterocycles. The van der Waals surface area contributed by atoms with Crippen LogP contribution in [0.5, 0.6) is 0 Å². The van der Waals surface area contributed by atoms with Gasteiger partial charge in [-0.25, -0.2) is 0 Å². The van der Waals surface area contributed by atoms with Crippen LogP contribution < -0.4 is 4.31 Å². The van der Waals surface area contributed by atoms with Crippen molar-refractivity contribution >= 4 is 21.7 Å². The third-order valence-electron chi connectivity index (χ3n) is 5.35. The van der Waals surface area contributed by atoms with Crippen LogP contribution in [-0.2, 0) is 16.8 Å². The average Bonchev–Trinajstić information content (AvgIpc) is 2.68. The normalized spacial score (nSPS) is 18.6. The third-order valence-corrected chi connectivity index (χ3v) is 7.23. The Morgan fingerprint density at radius 1 is 1.24 bits per heavy atom. The third kappa shape index (κ3) is 4.83. The van der Waals surface area contributed by atoms with Gasteiger partial charge in [0.1, 0.15) is 0 Å². The second-order valence-electron chi connectivity index (χ2n) is 7.64. The molecule has 8 heteroatoms. The minimum atomic E-state index is -3.74. The van der Waals surface area contributed by atoms with Gasteiger partial charge in [-0.05, 0) is 57.6 Å². The molecule has 7 nitrogen and oxygen atoms in total. The number of carbonyl (C=O) groups is 1. The Bertz CT molecular complexity index is 976. The fourth-order valence-electron chi connectivity index (χ4n) is 3.33. The first-order valence-corrected chi connectivity index (χ1v) is 11.1. The number of benzene rings is 1. The van der Waals surface area contributed by atoms with Gasteiger partial charge in [0.05, 0.1) is 17.9 Å². The number of rotatable bonds is 6. The Morgan fingerprint density at radius 2 is 2.00 bits per heavy atom. The van der Waals surface area contributed by atoms with Gasteiger partial charge in [-0.15, -0.1) is 0 Å². The number of Topliss-reactive ketones (excluding diaryl/α,β-unsaturated/α-hetero) is 1. The van der Waals surface area contributed by atoms with Crippen molar-refractivity contribution in [3.05, 3.63) is 59.4 Å². The Labute approximate surface area is 173 Å². The van der Waals surface area contributed by atoms with Crippen molar-refractivity contribution in [1.82, 2.24) is 14.2 Å². The Kier molecular flexibility index (Phi) is 6.36. The van der Waals surface area contributed by atoms with Gasteiger partial charge >= 0.3 is 10.2 Å². The smallest absolute Gasteiger partial charge is 0.301 e. The van der Waals surface area contributed by atoms with Crippen LogP contribution >= 0.6 is 0 Å². The molecule has 2 heterocycles. The highest BCUT2D eigenvalue weighted by Crippen LogP contribution is 2.25. The molecule has 0 spiro atoms. The van der Waals surface area contributed by atoms with Crippen LogP contribution in [0.25, 0.3) is 0 Å². The summed E-state index contributed by atoms with van der Waals surface area (Å²) in [5.74, 6) is -0.0707. The van der Waals surface area contributed by atoms with Crippen molar-refractivity contribution < 1.29 is 13.2 Å². The van der Waals surface area contributed by atoms with Crippen LogP contribution in [0.1, 0.15) is 35.5 Å². The van der Waals surface area contributed by atoms with Gasteiger partial charge in [-0.3, -0.25) is 14.1 Å². The standard InChI is InChI=1S/C21H28N4O3S/c1-16-6-5-7-21(12-16)25(15-20-9-8-19(13-22-20)18(3)26)29(27,28)24-11-10-23(4)17(2)14-24/h5-9,12-13,17H,10-11,14-15H2,1-4H3/t17-/m1/s1. The fourth-order valence-corrected chi connectivity index (χ4v) is 5.00. The van der Waals surface area contributed by atoms with E-state index in [1.807, 2.05) is 39.1 Å². The minimum absolute atomic E-state index is 0.0707. The molecular formula is C21H28N4O3S. The number of pyridine rings is 1. The Balaban J connectivity index is 1.95. The summed E-state index contributed by atoms with van der Waals surface area (Å²) in [4.78, 5) is 18.0. The van der Waals surface area contributed by atoms with Crippen molar-refractivity contribution in [3.8, 4) is 0 Å². The molecule has 1 aromatic carbocycles. The largest absolute Gasteiger partial charge is 0.304 e. The molecule has 1 aliphatic heterocycles. The molecule has 3 rings (SSSR count). The molecule has 1 aromatic heterocycles. The number of aryl methyl sites for hydroxylation is 1. The maximum atomic E-state index is 13.6. The van der Waals surface area contributed by atoms with Crippen LogP contribution in [-0.4, -0.2) is 61.1 Å². The molecule has 0 aliphatic carbocycles. The highest BCUT2D eigenvalue weighted by atomic mass is 32.2. The molecule has 0 amide bonds. The number of ketones is 1. The van der Waals surface area contributed by atoms with E-state index in [4.69, 9.17) is 0 Å². The zero-order valence-corrected chi connectivity index (χ0v) is 18.2. The number of aromatic nitrogens is 1. The molecule has 0 unspecified atom stereocenters. The van der Waals surface area contributed by atoms with Crippen LogP contribution in [0.15, 0.2) is 42.6 Å². The SMILES string of the molecule is CC(=O)c1ccc(CN(c2cccc(C)c2)S(=O)(=O)N2CCN(C)[C@H](C)C2)nc1. The molecule has 1 fully saturated rings. The van der Waals surface area contributed by atoms with E-state index in [1.54, 1.807) is 22.5 Å². The molecule has 0 saturated carbocycles. The van der Waals surface area contributed by atoms with Crippen LogP contribution in [0.3, 0.4) is 0 Å². The van der Waals surface area contributed by atoms with Crippen LogP contribution in [0.4, 0.5) is 5.69 Å². The maximum absolute atomic E-state index is 13.6. The highest BCUT2D eigenvalue weighted by molar-refractivity contribution is 7.90. The number of likely N-dealkylation sites (N-methyl/N-ethyl adjacent to an activating group) is 1. The van der Waals surface area contributed by atoms with E-state index in [0.717, 1.165) is 5.56 Å². The number of nitrogens with zero attached hydrogens (tertiary/aromatic N) is 4. The number of carbonyl (C=O) groups excluding carboxylic acids is 1. The zero-order valence-electron chi connectivity index (χ0n) is 17.4. The monoisotopic (exact) mass is 416 g/mol. The van der Waals surface area contributed by atoms with Crippen LogP contribution in [0, 0.1) is 6.92 Å². The van der Waals surface area contributed by atoms with Crippen LogP contribution in [0.2, 0.25) is 0 Å². The molecule has 1 atom stereocenters. The number of anilines is 1. The summed E-state index contributed by atoms with van der Waals surface area (Å²) >= 11 is 0. The quantitative estimate of drug-likeness (QED) is 0.677. The molecule has 156 valence electrons. The first-order valence-electron chi connectivity index (χ1n) is 9.69. The van der Waals surface area contributed by atoms with E-state index >= 15 is 0 Å². The van der Waals surface area contributed by atoms with Gasteiger partial charge in [-0.1, -0.05) is 12.1 Å². The number of hydrogen-bond acceptors (Lipinski definition) is 5. The summed E-state index contributed by atoms with van der Waals surface area (Å²) < 4.78 is 30.1. The van der Waals surface area contributed by atoms with E-state index in [-0.39, 0.29) is 18.4 Å². The highest BCUT2D eigenvalue weighted by Gasteiger charge is 2.34. The lowest BCUT2D eigenvalue weighted by Gasteiger charge is -2.39. The predicted molar refractivity (Wildman–Crippen MR) is 114 cm³/mol. The van der Waals surface area contributed by atoms with Gasteiger partial charge in [0.25, 0.3) is 0 Å². The fraction of sp³-hybridized carbons (Fsp3) is 0.429. The van der Waals surface area contributed by atoms with Crippen molar-refractivity contribution in [2.75, 3.05) is 31.0 Å². The van der Waals surface area contributed by atoms with Crippen molar-refractivity contribution in [2.24, 2.45) is 0 Å². The van der Waals surface area contributed by atoms with Gasteiger partial charge in [0.15, 0.2) is 5.78 Å². The molecule has 29 heavy (non-hydrogen) atoms. The van der Waals surface area contributed by atoms with Crippen molar-refractivity contribution in [3.63, 3.8) is 0 Å². The Morgan fingerprint density at radius 3 is 2.59 bits per heavy atom. The van der Waals surface area contributed by atoms with Crippen molar-refractivity contribution in [1.29, 1.82) is 0 Å². The van der Waals surface area contributed by atoms with E-state index in [2.05, 4.69) is 9.88 Å². The summed E-state index contributed by atoms with van der Waals surface area (Å²) in [5, 5.41) is 0. The molecule has 0 N–H and O–H groups in total. The summed E-state index contributed by atoms with van der Waals surface area (Å²) in [5.41, 5.74) is 2.68. The zero-order chi connectivity index (χ0) is 21.2. The summed E-state index contributed by atoms with van der Waals surface area (Å²) in [7, 11) is -1.73. The van der Waals surface area contributed by atoms with E-state index < -0.39 is 10.2 Å². The lowest BCUT2D eigenvalue weighted by Crippen LogP contribution is -2.55. The average molecular weight is 417 g/mol. The second-order valence-corrected chi connectivity index (χ2v) is 9.49. The van der Waals surface area contributed by atoms with Crippen molar-refractivity contribution in [2.45, 2.75) is 33.4 Å². The van der Waals surface area contributed by atoms with E-state index in [1.165, 1.54) is 17.4 Å². The van der Waals surface area contributed by atoms with Gasteiger partial charge in [0.2, 0.25) is 0 Å². The summed E-state index contributed by atoms with van der Waals surface area (Å²) in [6.07, 6.45) is 1.50. The summed E-state index contributed by atoms with van der Waals surface area (Å²) in [6, 6.07) is 11.0. The molecule has 1 aliphatic rings. The molecular weight excluding hydrogens is 388 g/mol. The van der Waals surface area contributed by atoms with E-state index in [0.29, 0.717) is 36.6 Å². The lowest BCUT2D eigenvalue weighted by molar-refractivity contribution is 0.101. The minimum Gasteiger partial charge on any atom is -0.301 e. The number of piperazine rings is 1. The topological polar surface area (TPSA) is 73.8 Å². The summed E-state index contributed by atoms with van der Waals surface area (Å²) in [6.45, 7) is 7.12. The predicted octanol–water partition coefficient (Wildman–Crippen LogP) is 2.48. The molecule has 2 aromatic rings. The van der Waals surface area contributed by atoms with Gasteiger partial charge in [-0.2, -0.15) is 12.7 Å². The van der Waals surface area contributed by atoms with Gasteiger partial charge in [0, 0.05) is 37.4 Å². The van der Waals surface area contributed by atoms with Gasteiger partial charge < -0.3 is 4.90 Å². The first kappa shape index (κ1) is 21.4. The number of hydrogen-bond donors (Lipinski definition) is 0. The lowest BCUT2D eigenvalue weighted by atomic mass is 10.2. The van der Waals surface area contributed by atoms with E-state index in [9.17, 15) is 13.2 Å². The first-order chi connectivity index (χ1) is 13.7. The molecule has 0 bridgehead atoms. The molecule has 0 radical (unpaired) electrons. The maximum Gasteiger partial charge on any atom is 0.304 e. The second kappa shape index (κ2) is 8.61. The Hall–Kier alpha value is -2.29.